The number of aliphatic carboxylic acids is 1. The Labute approximate surface area is 195 Å². The molecule has 9 heteroatoms. The molecule has 2 aromatic heterocycles. The number of aryl methyl sites for hydroxylation is 1. The van der Waals surface area contributed by atoms with Gasteiger partial charge in [-0.15, -0.1) is 0 Å². The summed E-state index contributed by atoms with van der Waals surface area (Å²) in [5, 5.41) is 13.9. The van der Waals surface area contributed by atoms with Crippen molar-refractivity contribution in [1.29, 1.82) is 0 Å². The second-order valence-electron chi connectivity index (χ2n) is 7.99. The molecule has 4 aromatic rings. The molecule has 0 unspecified atom stereocenters. The van der Waals surface area contributed by atoms with Crippen molar-refractivity contribution < 1.29 is 23.1 Å². The van der Waals surface area contributed by atoms with Gasteiger partial charge in [-0.25, -0.2) is 12.4 Å². The summed E-state index contributed by atoms with van der Waals surface area (Å²) in [6.07, 6.45) is 1.70. The summed E-state index contributed by atoms with van der Waals surface area (Å²) in [5.41, 5.74) is 4.05. The molecule has 1 aliphatic heterocycles. The molecule has 3 heterocycles. The molecule has 7 nitrogen and oxygen atoms in total. The average Bonchev–Trinajstić information content (AvgIpc) is 3.46. The number of carbonyl (C=O) groups is 1. The molecule has 0 fully saturated rings. The lowest BCUT2D eigenvalue weighted by Gasteiger charge is -2.27. The van der Waals surface area contributed by atoms with Gasteiger partial charge >= 0.3 is 5.97 Å². The Morgan fingerprint density at radius 3 is 2.76 bits per heavy atom. The summed E-state index contributed by atoms with van der Waals surface area (Å²) in [4.78, 5) is 13.4. The summed E-state index contributed by atoms with van der Waals surface area (Å²) < 4.78 is 34.3. The first-order valence-electron chi connectivity index (χ1n) is 10.5. The predicted octanol–water partition coefficient (Wildman–Crippen LogP) is 4.45. The van der Waals surface area contributed by atoms with E-state index in [0.29, 0.717) is 23.4 Å². The molecule has 0 amide bonds. The second-order valence-corrected chi connectivity index (χ2v) is 10.6. The summed E-state index contributed by atoms with van der Waals surface area (Å²) in [5.74, 6) is -0.393. The number of hydrogen-bond acceptors (Lipinski definition) is 6. The third kappa shape index (κ3) is 3.87. The van der Waals surface area contributed by atoms with Crippen LogP contribution in [0.4, 0.5) is 5.69 Å². The van der Waals surface area contributed by atoms with Gasteiger partial charge in [0.25, 0.3) is 10.0 Å². The van der Waals surface area contributed by atoms with Crippen molar-refractivity contribution in [3.8, 4) is 16.9 Å². The highest BCUT2D eigenvalue weighted by molar-refractivity contribution is 7.90. The molecule has 1 aliphatic rings. The smallest absolute Gasteiger partial charge is 0.303 e. The van der Waals surface area contributed by atoms with E-state index in [1.165, 1.54) is 3.97 Å². The van der Waals surface area contributed by atoms with Gasteiger partial charge in [0.1, 0.15) is 12.4 Å². The SMILES string of the molecule is CN1CCOc2cc(S(=O)(=O)n3cc(CCC(=O)O)c4cc(-c5ccsc5)ccc43)ccc21. The number of carboxylic acids is 1. The highest BCUT2D eigenvalue weighted by Crippen LogP contribution is 2.36. The zero-order valence-electron chi connectivity index (χ0n) is 17.9. The van der Waals surface area contributed by atoms with Crippen LogP contribution in [0.5, 0.6) is 5.75 Å². The zero-order chi connectivity index (χ0) is 23.2. The number of ether oxygens (including phenoxy) is 1. The summed E-state index contributed by atoms with van der Waals surface area (Å²) in [6.45, 7) is 1.23. The van der Waals surface area contributed by atoms with Crippen molar-refractivity contribution in [3.05, 3.63) is 65.0 Å². The standard InChI is InChI=1S/C24H22N2O5S2/c1-25-9-10-31-23-13-19(4-6-22(23)25)33(29,30)26-14-17(3-7-24(27)28)20-12-16(2-5-21(20)26)18-8-11-32-15-18/h2,4-6,8,11-15H,3,7,9-10H2,1H3,(H,27,28). The van der Waals surface area contributed by atoms with Crippen LogP contribution >= 0.6 is 11.3 Å². The molecule has 0 radical (unpaired) electrons. The molecule has 0 saturated heterocycles. The van der Waals surface area contributed by atoms with E-state index in [4.69, 9.17) is 4.74 Å². The zero-order valence-corrected chi connectivity index (χ0v) is 19.5. The van der Waals surface area contributed by atoms with Crippen LogP contribution in [0.15, 0.2) is 64.3 Å². The van der Waals surface area contributed by atoms with Gasteiger partial charge in [0.2, 0.25) is 0 Å². The molecule has 0 saturated carbocycles. The maximum Gasteiger partial charge on any atom is 0.303 e. The van der Waals surface area contributed by atoms with Crippen LogP contribution in [0.3, 0.4) is 0 Å². The minimum atomic E-state index is -3.93. The summed E-state index contributed by atoms with van der Waals surface area (Å²) >= 11 is 1.58. The van der Waals surface area contributed by atoms with Crippen LogP contribution in [0, 0.1) is 0 Å². The Bertz CT molecular complexity index is 1460. The normalized spacial score (nSPS) is 13.7. The number of carboxylic acid groups (broad SMARTS) is 1. The Kier molecular flexibility index (Phi) is 5.38. The lowest BCUT2D eigenvalue weighted by molar-refractivity contribution is -0.136. The van der Waals surface area contributed by atoms with E-state index in [0.717, 1.165) is 28.7 Å². The number of fused-ring (bicyclic) bond motifs is 2. The lowest BCUT2D eigenvalue weighted by atomic mass is 10.0. The van der Waals surface area contributed by atoms with E-state index in [1.54, 1.807) is 41.8 Å². The highest BCUT2D eigenvalue weighted by Gasteiger charge is 2.25. The van der Waals surface area contributed by atoms with Crippen molar-refractivity contribution in [3.63, 3.8) is 0 Å². The van der Waals surface area contributed by atoms with Gasteiger partial charge in [-0.2, -0.15) is 11.3 Å². The van der Waals surface area contributed by atoms with E-state index >= 15 is 0 Å². The number of nitrogens with zero attached hydrogens (tertiary/aromatic N) is 2. The van der Waals surface area contributed by atoms with E-state index < -0.39 is 16.0 Å². The molecule has 0 spiro atoms. The Balaban J connectivity index is 1.64. The number of benzene rings is 2. The van der Waals surface area contributed by atoms with Gasteiger partial charge in [0.05, 0.1) is 22.6 Å². The summed E-state index contributed by atoms with van der Waals surface area (Å²) in [6, 6.07) is 12.5. The molecule has 1 N–H and O–H groups in total. The van der Waals surface area contributed by atoms with E-state index in [1.807, 2.05) is 40.9 Å². The van der Waals surface area contributed by atoms with Crippen LogP contribution in [0.25, 0.3) is 22.0 Å². The molecule has 33 heavy (non-hydrogen) atoms. The van der Waals surface area contributed by atoms with Crippen molar-refractivity contribution >= 4 is 43.9 Å². The number of thiophene rings is 1. The molecule has 5 rings (SSSR count). The third-order valence-corrected chi connectivity index (χ3v) is 8.25. The monoisotopic (exact) mass is 482 g/mol. The predicted molar refractivity (Wildman–Crippen MR) is 129 cm³/mol. The molecular weight excluding hydrogens is 460 g/mol. The van der Waals surface area contributed by atoms with Crippen molar-refractivity contribution in [2.45, 2.75) is 17.7 Å². The second kappa shape index (κ2) is 8.24. The van der Waals surface area contributed by atoms with Crippen LogP contribution < -0.4 is 9.64 Å². The van der Waals surface area contributed by atoms with Crippen LogP contribution in [-0.4, -0.2) is 43.7 Å². The topological polar surface area (TPSA) is 88.8 Å². The molecule has 0 atom stereocenters. The quantitative estimate of drug-likeness (QED) is 0.437. The largest absolute Gasteiger partial charge is 0.490 e. The fourth-order valence-electron chi connectivity index (χ4n) is 4.13. The summed E-state index contributed by atoms with van der Waals surface area (Å²) in [7, 11) is -1.99. The van der Waals surface area contributed by atoms with Gasteiger partial charge in [-0.3, -0.25) is 4.79 Å². The number of anilines is 1. The molecular formula is C24H22N2O5S2. The van der Waals surface area contributed by atoms with E-state index in [2.05, 4.69) is 0 Å². The van der Waals surface area contributed by atoms with Gasteiger partial charge < -0.3 is 14.7 Å². The first-order valence-corrected chi connectivity index (χ1v) is 12.8. The Hall–Kier alpha value is -3.30. The number of aromatic nitrogens is 1. The molecule has 0 bridgehead atoms. The van der Waals surface area contributed by atoms with Gasteiger partial charge in [0, 0.05) is 31.1 Å². The van der Waals surface area contributed by atoms with Crippen LogP contribution in [0.2, 0.25) is 0 Å². The minimum absolute atomic E-state index is 0.0825. The maximum absolute atomic E-state index is 13.7. The van der Waals surface area contributed by atoms with Crippen LogP contribution in [-0.2, 0) is 21.2 Å². The molecule has 2 aromatic carbocycles. The maximum atomic E-state index is 13.7. The van der Waals surface area contributed by atoms with Crippen molar-refractivity contribution in [2.75, 3.05) is 25.1 Å². The Morgan fingerprint density at radius 2 is 2.00 bits per heavy atom. The first kappa shape index (κ1) is 21.5. The number of hydrogen-bond donors (Lipinski definition) is 1. The number of likely N-dealkylation sites (N-methyl/N-ethyl adjacent to an activating group) is 1. The van der Waals surface area contributed by atoms with Crippen molar-refractivity contribution in [1.82, 2.24) is 3.97 Å². The van der Waals surface area contributed by atoms with E-state index in [9.17, 15) is 18.3 Å². The van der Waals surface area contributed by atoms with Crippen molar-refractivity contribution in [2.24, 2.45) is 0 Å². The van der Waals surface area contributed by atoms with Crippen LogP contribution in [0.1, 0.15) is 12.0 Å². The fraction of sp³-hybridized carbons (Fsp3) is 0.208. The molecule has 170 valence electrons. The highest BCUT2D eigenvalue weighted by atomic mass is 32.2. The fourth-order valence-corrected chi connectivity index (χ4v) is 6.20. The minimum Gasteiger partial charge on any atom is -0.490 e. The Morgan fingerprint density at radius 1 is 1.15 bits per heavy atom. The van der Waals surface area contributed by atoms with Gasteiger partial charge in [0.15, 0.2) is 0 Å². The lowest BCUT2D eigenvalue weighted by Crippen LogP contribution is -2.29. The molecule has 0 aliphatic carbocycles. The first-order chi connectivity index (χ1) is 15.8. The van der Waals surface area contributed by atoms with E-state index in [-0.39, 0.29) is 17.7 Å². The third-order valence-electron chi connectivity index (χ3n) is 5.90. The average molecular weight is 483 g/mol. The van der Waals surface area contributed by atoms with Gasteiger partial charge in [-0.1, -0.05) is 6.07 Å². The van der Waals surface area contributed by atoms with Gasteiger partial charge in [-0.05, 0) is 64.2 Å². The number of rotatable bonds is 6.